The Hall–Kier alpha value is -3.25. The first-order valence-electron chi connectivity index (χ1n) is 8.48. The third-order valence-corrected chi connectivity index (χ3v) is 4.83. The molecule has 0 fully saturated rings. The number of fused-ring (bicyclic) bond motifs is 1. The zero-order chi connectivity index (χ0) is 19.7. The Morgan fingerprint density at radius 3 is 2.46 bits per heavy atom. The molecule has 4 aromatic rings. The molecule has 0 aliphatic heterocycles. The Morgan fingerprint density at radius 1 is 1.04 bits per heavy atom. The molecule has 0 atom stereocenters. The number of halogens is 1. The molecule has 138 valence electrons. The van der Waals surface area contributed by atoms with E-state index in [-0.39, 0.29) is 5.43 Å². The van der Waals surface area contributed by atoms with Crippen molar-refractivity contribution in [1.82, 2.24) is 4.98 Å². The Labute approximate surface area is 168 Å². The van der Waals surface area contributed by atoms with Crippen molar-refractivity contribution in [3.8, 4) is 16.9 Å². The summed E-state index contributed by atoms with van der Waals surface area (Å²) in [6.45, 7) is 1.74. The molecule has 5 nitrogen and oxygen atoms in total. The maximum Gasteiger partial charge on any atom is 0.343 e. The van der Waals surface area contributed by atoms with Gasteiger partial charge in [0.25, 0.3) is 0 Å². The van der Waals surface area contributed by atoms with Crippen LogP contribution in [-0.4, -0.2) is 11.0 Å². The topological polar surface area (TPSA) is 69.4 Å². The van der Waals surface area contributed by atoms with Crippen molar-refractivity contribution >= 4 is 32.9 Å². The van der Waals surface area contributed by atoms with E-state index in [2.05, 4.69) is 20.9 Å². The molecule has 0 spiro atoms. The first kappa shape index (κ1) is 18.1. The molecule has 0 N–H and O–H groups in total. The fourth-order valence-electron chi connectivity index (χ4n) is 2.95. The first-order chi connectivity index (χ1) is 13.5. The van der Waals surface area contributed by atoms with Gasteiger partial charge in [0.2, 0.25) is 5.43 Å². The van der Waals surface area contributed by atoms with Crippen LogP contribution < -0.4 is 10.2 Å². The number of carbonyl (C=O) groups excluding carboxylic acids is 1. The third-order valence-electron chi connectivity index (χ3n) is 4.30. The van der Waals surface area contributed by atoms with Gasteiger partial charge >= 0.3 is 5.97 Å². The van der Waals surface area contributed by atoms with E-state index in [0.717, 1.165) is 10.0 Å². The SMILES string of the molecule is Cc1oc2cc(OC(=O)c3ccncc3)ccc2c(=O)c1-c1ccc(Br)cc1. The van der Waals surface area contributed by atoms with Crippen LogP contribution >= 0.6 is 15.9 Å². The summed E-state index contributed by atoms with van der Waals surface area (Å²) in [5.41, 5.74) is 1.92. The third kappa shape index (κ3) is 3.46. The fraction of sp³-hybridized carbons (Fsp3) is 0.0455. The van der Waals surface area contributed by atoms with Gasteiger partial charge in [0.15, 0.2) is 0 Å². The second kappa shape index (κ2) is 7.40. The predicted octanol–water partition coefficient (Wildman–Crippen LogP) is 5.15. The second-order valence-corrected chi connectivity index (χ2v) is 7.07. The van der Waals surface area contributed by atoms with Crippen LogP contribution in [0.2, 0.25) is 0 Å². The van der Waals surface area contributed by atoms with Crippen LogP contribution in [0.25, 0.3) is 22.1 Å². The number of benzene rings is 2. The molecular weight excluding hydrogens is 422 g/mol. The van der Waals surface area contributed by atoms with Gasteiger partial charge in [0.05, 0.1) is 16.5 Å². The highest BCUT2D eigenvalue weighted by molar-refractivity contribution is 9.10. The van der Waals surface area contributed by atoms with Crippen LogP contribution in [0.5, 0.6) is 5.75 Å². The summed E-state index contributed by atoms with van der Waals surface area (Å²) in [7, 11) is 0. The highest BCUT2D eigenvalue weighted by Gasteiger charge is 2.15. The van der Waals surface area contributed by atoms with Crippen molar-refractivity contribution in [3.05, 3.63) is 93.0 Å². The van der Waals surface area contributed by atoms with Gasteiger partial charge in [-0.15, -0.1) is 0 Å². The molecule has 2 aromatic carbocycles. The Balaban J connectivity index is 1.73. The van der Waals surface area contributed by atoms with E-state index in [1.54, 1.807) is 37.3 Å². The molecule has 0 aliphatic carbocycles. The van der Waals surface area contributed by atoms with Gasteiger partial charge in [0, 0.05) is 22.9 Å². The van der Waals surface area contributed by atoms with Crippen LogP contribution in [0.3, 0.4) is 0 Å². The van der Waals surface area contributed by atoms with Gasteiger partial charge in [-0.1, -0.05) is 28.1 Å². The molecule has 2 heterocycles. The second-order valence-electron chi connectivity index (χ2n) is 6.15. The smallest absolute Gasteiger partial charge is 0.343 e. The molecule has 0 saturated carbocycles. The highest BCUT2D eigenvalue weighted by atomic mass is 79.9. The van der Waals surface area contributed by atoms with E-state index in [9.17, 15) is 9.59 Å². The average Bonchev–Trinajstić information content (AvgIpc) is 2.70. The molecule has 0 saturated heterocycles. The van der Waals surface area contributed by atoms with E-state index in [1.807, 2.05) is 24.3 Å². The highest BCUT2D eigenvalue weighted by Crippen LogP contribution is 2.27. The summed E-state index contributed by atoms with van der Waals surface area (Å²) in [4.78, 5) is 29.1. The Morgan fingerprint density at radius 2 is 1.75 bits per heavy atom. The standard InChI is InChI=1S/C22H14BrNO4/c1-13-20(14-2-4-16(23)5-3-14)21(25)18-7-6-17(12-19(18)27-13)28-22(26)15-8-10-24-11-9-15/h2-12H,1H3. The molecule has 28 heavy (non-hydrogen) atoms. The summed E-state index contributed by atoms with van der Waals surface area (Å²) in [6.07, 6.45) is 3.03. The van der Waals surface area contributed by atoms with E-state index >= 15 is 0 Å². The first-order valence-corrected chi connectivity index (χ1v) is 9.28. The molecule has 0 radical (unpaired) electrons. The lowest BCUT2D eigenvalue weighted by Gasteiger charge is -2.09. The van der Waals surface area contributed by atoms with Crippen molar-refractivity contribution in [2.75, 3.05) is 0 Å². The van der Waals surface area contributed by atoms with Crippen molar-refractivity contribution in [2.45, 2.75) is 6.92 Å². The molecule has 4 rings (SSSR count). The van der Waals surface area contributed by atoms with Crippen LogP contribution in [0.1, 0.15) is 16.1 Å². The lowest BCUT2D eigenvalue weighted by Crippen LogP contribution is -2.10. The lowest BCUT2D eigenvalue weighted by molar-refractivity contribution is 0.0735. The van der Waals surface area contributed by atoms with Crippen molar-refractivity contribution < 1.29 is 13.9 Å². The number of carbonyl (C=O) groups is 1. The van der Waals surface area contributed by atoms with Gasteiger partial charge in [0.1, 0.15) is 17.1 Å². The monoisotopic (exact) mass is 435 g/mol. The Bertz CT molecular complexity index is 1230. The number of ether oxygens (including phenoxy) is 1. The average molecular weight is 436 g/mol. The Kier molecular flexibility index (Phi) is 4.79. The zero-order valence-electron chi connectivity index (χ0n) is 14.8. The molecule has 0 amide bonds. The summed E-state index contributed by atoms with van der Waals surface area (Å²) < 4.78 is 12.2. The number of aromatic nitrogens is 1. The van der Waals surface area contributed by atoms with Crippen molar-refractivity contribution in [3.63, 3.8) is 0 Å². The summed E-state index contributed by atoms with van der Waals surface area (Å²) in [5, 5.41) is 0.423. The molecule has 0 bridgehead atoms. The number of esters is 1. The number of hydrogen-bond donors (Lipinski definition) is 0. The van der Waals surface area contributed by atoms with Crippen LogP contribution in [-0.2, 0) is 0 Å². The van der Waals surface area contributed by atoms with Gasteiger partial charge in [-0.05, 0) is 48.9 Å². The number of hydrogen-bond acceptors (Lipinski definition) is 5. The molecule has 0 unspecified atom stereocenters. The van der Waals surface area contributed by atoms with Crippen molar-refractivity contribution in [2.24, 2.45) is 0 Å². The minimum Gasteiger partial charge on any atom is -0.460 e. The fourth-order valence-corrected chi connectivity index (χ4v) is 3.22. The predicted molar refractivity (Wildman–Crippen MR) is 110 cm³/mol. The van der Waals surface area contributed by atoms with Gasteiger partial charge in [-0.25, -0.2) is 4.79 Å². The quantitative estimate of drug-likeness (QED) is 0.328. The lowest BCUT2D eigenvalue weighted by atomic mass is 10.0. The number of nitrogens with zero attached hydrogens (tertiary/aromatic N) is 1. The summed E-state index contributed by atoms with van der Waals surface area (Å²) in [6, 6.07) is 15.3. The van der Waals surface area contributed by atoms with Gasteiger partial charge in [-0.3, -0.25) is 9.78 Å². The normalized spacial score (nSPS) is 10.8. The number of pyridine rings is 1. The van der Waals surface area contributed by atoms with Crippen LogP contribution in [0, 0.1) is 6.92 Å². The minimum atomic E-state index is -0.507. The minimum absolute atomic E-state index is 0.131. The van der Waals surface area contributed by atoms with E-state index in [0.29, 0.717) is 33.6 Å². The van der Waals surface area contributed by atoms with Gasteiger partial charge < -0.3 is 9.15 Å². The van der Waals surface area contributed by atoms with E-state index in [1.165, 1.54) is 12.4 Å². The molecule has 6 heteroatoms. The van der Waals surface area contributed by atoms with Gasteiger partial charge in [-0.2, -0.15) is 0 Å². The summed E-state index contributed by atoms with van der Waals surface area (Å²) >= 11 is 3.39. The summed E-state index contributed by atoms with van der Waals surface area (Å²) in [5.74, 6) is 0.290. The van der Waals surface area contributed by atoms with E-state index in [4.69, 9.17) is 9.15 Å². The number of aryl methyl sites for hydroxylation is 1. The van der Waals surface area contributed by atoms with Crippen LogP contribution in [0.15, 0.2) is 80.7 Å². The van der Waals surface area contributed by atoms with E-state index < -0.39 is 5.97 Å². The maximum absolute atomic E-state index is 13.0. The molecular formula is C22H14BrNO4. The van der Waals surface area contributed by atoms with Crippen molar-refractivity contribution in [1.29, 1.82) is 0 Å². The molecule has 0 aliphatic rings. The van der Waals surface area contributed by atoms with Crippen LogP contribution in [0.4, 0.5) is 0 Å². The maximum atomic E-state index is 13.0. The zero-order valence-corrected chi connectivity index (χ0v) is 16.4. The number of rotatable bonds is 3. The largest absolute Gasteiger partial charge is 0.460 e. The molecule has 2 aromatic heterocycles.